The summed E-state index contributed by atoms with van der Waals surface area (Å²) < 4.78 is 5.38. The zero-order valence-electron chi connectivity index (χ0n) is 12.4. The van der Waals surface area contributed by atoms with Crippen LogP contribution < -0.4 is 10.5 Å². The molecule has 1 aromatic rings. The molecule has 0 fully saturated rings. The van der Waals surface area contributed by atoms with Gasteiger partial charge in [-0.2, -0.15) is 0 Å². The summed E-state index contributed by atoms with van der Waals surface area (Å²) in [7, 11) is 1.67. The first kappa shape index (κ1) is 15.5. The number of benzene rings is 1. The number of nitrogens with zero attached hydrogens (tertiary/aromatic N) is 1. The SMILES string of the molecule is [C-]#[N+]C(CCCN)(c1ccc(C)c(OC)c1)C(C)C. The maximum atomic E-state index is 7.68. The highest BCUT2D eigenvalue weighted by molar-refractivity contribution is 5.41. The molecule has 0 aromatic heterocycles. The number of hydrogen-bond acceptors (Lipinski definition) is 2. The van der Waals surface area contributed by atoms with E-state index in [9.17, 15) is 0 Å². The largest absolute Gasteiger partial charge is 0.496 e. The molecule has 0 bridgehead atoms. The lowest BCUT2D eigenvalue weighted by atomic mass is 9.77. The number of rotatable bonds is 6. The summed E-state index contributed by atoms with van der Waals surface area (Å²) in [5, 5.41) is 0. The lowest BCUT2D eigenvalue weighted by Gasteiger charge is -2.27. The molecule has 0 aliphatic heterocycles. The summed E-state index contributed by atoms with van der Waals surface area (Å²) >= 11 is 0. The van der Waals surface area contributed by atoms with E-state index in [4.69, 9.17) is 17.0 Å². The normalized spacial score (nSPS) is 13.9. The van der Waals surface area contributed by atoms with Crippen LogP contribution in [0.5, 0.6) is 5.75 Å². The number of aryl methyl sites for hydroxylation is 1. The Balaban J connectivity index is 3.28. The van der Waals surface area contributed by atoms with Gasteiger partial charge in [-0.05, 0) is 31.5 Å². The molecular formula is C16H24N2O. The first-order valence-electron chi connectivity index (χ1n) is 6.75. The van der Waals surface area contributed by atoms with Crippen LogP contribution in [-0.4, -0.2) is 13.7 Å². The second kappa shape index (κ2) is 6.58. The Hall–Kier alpha value is -1.53. The molecule has 104 valence electrons. The zero-order valence-corrected chi connectivity index (χ0v) is 12.4. The first-order chi connectivity index (χ1) is 9.01. The van der Waals surface area contributed by atoms with Gasteiger partial charge in [0, 0.05) is 17.9 Å². The van der Waals surface area contributed by atoms with Crippen molar-refractivity contribution in [3.63, 3.8) is 0 Å². The summed E-state index contributed by atoms with van der Waals surface area (Å²) in [4.78, 5) is 3.97. The average Bonchev–Trinajstić information content (AvgIpc) is 2.41. The molecule has 3 heteroatoms. The van der Waals surface area contributed by atoms with Crippen LogP contribution in [0.25, 0.3) is 4.85 Å². The summed E-state index contributed by atoms with van der Waals surface area (Å²) in [6, 6.07) is 6.08. The molecule has 1 unspecified atom stereocenters. The van der Waals surface area contributed by atoms with Crippen LogP contribution in [-0.2, 0) is 5.54 Å². The van der Waals surface area contributed by atoms with Crippen molar-refractivity contribution in [2.75, 3.05) is 13.7 Å². The van der Waals surface area contributed by atoms with E-state index >= 15 is 0 Å². The van der Waals surface area contributed by atoms with Crippen molar-refractivity contribution < 1.29 is 4.74 Å². The van der Waals surface area contributed by atoms with Crippen LogP contribution in [0.15, 0.2) is 18.2 Å². The molecule has 0 heterocycles. The van der Waals surface area contributed by atoms with Gasteiger partial charge < -0.3 is 15.3 Å². The fourth-order valence-electron chi connectivity index (χ4n) is 2.48. The van der Waals surface area contributed by atoms with Crippen molar-refractivity contribution in [3.05, 3.63) is 40.7 Å². The van der Waals surface area contributed by atoms with Crippen molar-refractivity contribution in [2.45, 2.75) is 39.2 Å². The minimum atomic E-state index is -0.500. The Bertz CT molecular complexity index is 462. The lowest BCUT2D eigenvalue weighted by molar-refractivity contribution is 0.344. The molecule has 0 saturated carbocycles. The van der Waals surface area contributed by atoms with Crippen molar-refractivity contribution in [2.24, 2.45) is 11.7 Å². The third-order valence-corrected chi connectivity index (χ3v) is 3.82. The van der Waals surface area contributed by atoms with Gasteiger partial charge in [-0.25, -0.2) is 6.57 Å². The molecule has 0 radical (unpaired) electrons. The molecule has 0 saturated heterocycles. The molecule has 1 rings (SSSR count). The van der Waals surface area contributed by atoms with E-state index < -0.39 is 5.54 Å². The van der Waals surface area contributed by atoms with Crippen molar-refractivity contribution >= 4 is 0 Å². The van der Waals surface area contributed by atoms with E-state index in [1.54, 1.807) is 7.11 Å². The van der Waals surface area contributed by atoms with E-state index in [-0.39, 0.29) is 5.92 Å². The van der Waals surface area contributed by atoms with Gasteiger partial charge in [-0.3, -0.25) is 0 Å². The molecule has 19 heavy (non-hydrogen) atoms. The van der Waals surface area contributed by atoms with Gasteiger partial charge in [0.05, 0.1) is 7.11 Å². The van der Waals surface area contributed by atoms with Crippen LogP contribution in [0, 0.1) is 19.4 Å². The molecule has 2 N–H and O–H groups in total. The average molecular weight is 260 g/mol. The zero-order chi connectivity index (χ0) is 14.5. The number of nitrogens with two attached hydrogens (primary N) is 1. The summed E-state index contributed by atoms with van der Waals surface area (Å²) in [5.41, 5.74) is 7.25. The third kappa shape index (κ3) is 3.08. The van der Waals surface area contributed by atoms with Gasteiger partial charge >= 0.3 is 0 Å². The van der Waals surface area contributed by atoms with Gasteiger partial charge in [0.2, 0.25) is 0 Å². The second-order valence-electron chi connectivity index (χ2n) is 5.27. The van der Waals surface area contributed by atoms with E-state index in [0.29, 0.717) is 6.54 Å². The van der Waals surface area contributed by atoms with Crippen molar-refractivity contribution in [1.82, 2.24) is 0 Å². The lowest BCUT2D eigenvalue weighted by Crippen LogP contribution is -2.29. The molecular weight excluding hydrogens is 236 g/mol. The fraction of sp³-hybridized carbons (Fsp3) is 0.562. The van der Waals surface area contributed by atoms with Crippen molar-refractivity contribution in [3.8, 4) is 5.75 Å². The Kier molecular flexibility index (Phi) is 5.38. The standard InChI is InChI=1S/C16H24N2O/c1-12(2)16(18-4,9-6-10-17)14-8-7-13(3)15(11-14)19-5/h7-8,11-12H,6,9-10,17H2,1-3,5H3. The first-order valence-corrected chi connectivity index (χ1v) is 6.75. The molecule has 0 aliphatic carbocycles. The van der Waals surface area contributed by atoms with Crippen LogP contribution >= 0.6 is 0 Å². The van der Waals surface area contributed by atoms with Gasteiger partial charge in [0.1, 0.15) is 5.75 Å². The highest BCUT2D eigenvalue weighted by atomic mass is 16.5. The molecule has 1 aromatic carbocycles. The fourth-order valence-corrected chi connectivity index (χ4v) is 2.48. The van der Waals surface area contributed by atoms with Gasteiger partial charge in [0.15, 0.2) is 0 Å². The number of hydrogen-bond donors (Lipinski definition) is 1. The van der Waals surface area contributed by atoms with Crippen molar-refractivity contribution in [1.29, 1.82) is 0 Å². The van der Waals surface area contributed by atoms with E-state index in [2.05, 4.69) is 18.7 Å². The number of ether oxygens (including phenoxy) is 1. The van der Waals surface area contributed by atoms with Crippen LogP contribution in [0.2, 0.25) is 0 Å². The predicted molar refractivity (Wildman–Crippen MR) is 79.1 cm³/mol. The highest BCUT2D eigenvalue weighted by Crippen LogP contribution is 2.40. The molecule has 0 aliphatic rings. The van der Waals surface area contributed by atoms with Gasteiger partial charge in [-0.15, -0.1) is 0 Å². The maximum absolute atomic E-state index is 7.68. The summed E-state index contributed by atoms with van der Waals surface area (Å²) in [6.07, 6.45) is 1.65. The van der Waals surface area contributed by atoms with Gasteiger partial charge in [0.25, 0.3) is 5.54 Å². The molecule has 0 spiro atoms. The minimum absolute atomic E-state index is 0.240. The Morgan fingerprint density at radius 2 is 2.11 bits per heavy atom. The molecule has 3 nitrogen and oxygen atoms in total. The third-order valence-electron chi connectivity index (χ3n) is 3.82. The maximum Gasteiger partial charge on any atom is 0.259 e. The second-order valence-corrected chi connectivity index (χ2v) is 5.27. The Morgan fingerprint density at radius 1 is 1.42 bits per heavy atom. The van der Waals surface area contributed by atoms with E-state index in [0.717, 1.165) is 29.7 Å². The number of methoxy groups -OCH3 is 1. The summed E-state index contributed by atoms with van der Waals surface area (Å²) in [5.74, 6) is 1.09. The minimum Gasteiger partial charge on any atom is -0.496 e. The quantitative estimate of drug-likeness (QED) is 0.795. The van der Waals surface area contributed by atoms with Crippen LogP contribution in [0.4, 0.5) is 0 Å². The smallest absolute Gasteiger partial charge is 0.259 e. The van der Waals surface area contributed by atoms with Crippen LogP contribution in [0.3, 0.4) is 0 Å². The molecule has 0 amide bonds. The highest BCUT2D eigenvalue weighted by Gasteiger charge is 2.42. The Labute approximate surface area is 116 Å². The van der Waals surface area contributed by atoms with Gasteiger partial charge in [-0.1, -0.05) is 26.0 Å². The predicted octanol–water partition coefficient (Wildman–Crippen LogP) is 3.51. The van der Waals surface area contributed by atoms with Crippen LogP contribution in [0.1, 0.15) is 37.8 Å². The summed E-state index contributed by atoms with van der Waals surface area (Å²) in [6.45, 7) is 14.5. The monoisotopic (exact) mass is 260 g/mol. The topological polar surface area (TPSA) is 39.6 Å². The molecule has 1 atom stereocenters. The van der Waals surface area contributed by atoms with E-state index in [1.165, 1.54) is 0 Å². The van der Waals surface area contributed by atoms with E-state index in [1.807, 2.05) is 25.1 Å². The Morgan fingerprint density at radius 3 is 2.58 bits per heavy atom.